The van der Waals surface area contributed by atoms with Crippen molar-refractivity contribution in [2.45, 2.75) is 24.4 Å². The standard InChI is InChI=1S/C18H18ClN3OS/c1-3-22-17(14-9-5-7-11-16(14)23-2)20-21-18(22)24-12-13-8-4-6-10-15(13)19/h4-11H,3,12H2,1-2H3. The third-order valence-corrected chi connectivity index (χ3v) is 5.08. The van der Waals surface area contributed by atoms with Crippen LogP contribution < -0.4 is 4.74 Å². The maximum absolute atomic E-state index is 6.23. The summed E-state index contributed by atoms with van der Waals surface area (Å²) in [5.74, 6) is 2.36. The molecule has 0 atom stereocenters. The van der Waals surface area contributed by atoms with Gasteiger partial charge in [-0.2, -0.15) is 0 Å². The molecule has 3 rings (SSSR count). The van der Waals surface area contributed by atoms with Crippen molar-refractivity contribution < 1.29 is 4.74 Å². The van der Waals surface area contributed by atoms with E-state index in [2.05, 4.69) is 21.7 Å². The highest BCUT2D eigenvalue weighted by Gasteiger charge is 2.16. The molecular formula is C18H18ClN3OS. The van der Waals surface area contributed by atoms with Crippen LogP contribution in [0.3, 0.4) is 0 Å². The van der Waals surface area contributed by atoms with Crippen LogP contribution in [0.25, 0.3) is 11.4 Å². The summed E-state index contributed by atoms with van der Waals surface area (Å²) in [7, 11) is 1.67. The number of benzene rings is 2. The molecule has 0 radical (unpaired) electrons. The van der Waals surface area contributed by atoms with Crippen LogP contribution in [0, 0.1) is 0 Å². The number of halogens is 1. The molecule has 0 aliphatic heterocycles. The number of hydrogen-bond acceptors (Lipinski definition) is 4. The molecule has 124 valence electrons. The fraction of sp³-hybridized carbons (Fsp3) is 0.222. The van der Waals surface area contributed by atoms with Crippen molar-refractivity contribution in [3.8, 4) is 17.1 Å². The first-order chi connectivity index (χ1) is 11.7. The predicted molar refractivity (Wildman–Crippen MR) is 98.7 cm³/mol. The number of hydrogen-bond donors (Lipinski definition) is 0. The summed E-state index contributed by atoms with van der Waals surface area (Å²) in [6, 6.07) is 15.7. The van der Waals surface area contributed by atoms with Gasteiger partial charge in [0.05, 0.1) is 12.7 Å². The van der Waals surface area contributed by atoms with E-state index >= 15 is 0 Å². The molecule has 2 aromatic carbocycles. The number of nitrogens with zero attached hydrogens (tertiary/aromatic N) is 3. The van der Waals surface area contributed by atoms with Crippen molar-refractivity contribution >= 4 is 23.4 Å². The van der Waals surface area contributed by atoms with Crippen molar-refractivity contribution in [3.63, 3.8) is 0 Å². The summed E-state index contributed by atoms with van der Waals surface area (Å²) in [5, 5.41) is 10.4. The monoisotopic (exact) mass is 359 g/mol. The molecule has 0 bridgehead atoms. The van der Waals surface area contributed by atoms with Crippen molar-refractivity contribution in [2.24, 2.45) is 0 Å². The molecule has 0 aliphatic rings. The highest BCUT2D eigenvalue weighted by molar-refractivity contribution is 7.98. The molecule has 3 aromatic rings. The first-order valence-electron chi connectivity index (χ1n) is 7.67. The van der Waals surface area contributed by atoms with Gasteiger partial charge in [-0.1, -0.05) is 53.7 Å². The average Bonchev–Trinajstić information content (AvgIpc) is 3.03. The van der Waals surface area contributed by atoms with Crippen molar-refractivity contribution in [2.75, 3.05) is 7.11 Å². The Labute approximate surface area is 150 Å². The first kappa shape index (κ1) is 16.9. The van der Waals surface area contributed by atoms with E-state index in [1.54, 1.807) is 18.9 Å². The molecule has 0 saturated heterocycles. The zero-order chi connectivity index (χ0) is 16.9. The minimum absolute atomic E-state index is 0.754. The third kappa shape index (κ3) is 3.42. The summed E-state index contributed by atoms with van der Waals surface area (Å²) < 4.78 is 7.54. The van der Waals surface area contributed by atoms with Gasteiger partial charge in [0.1, 0.15) is 5.75 Å². The summed E-state index contributed by atoms with van der Waals surface area (Å²) in [4.78, 5) is 0. The van der Waals surface area contributed by atoms with Gasteiger partial charge < -0.3 is 9.30 Å². The molecule has 6 heteroatoms. The van der Waals surface area contributed by atoms with Crippen LogP contribution in [-0.4, -0.2) is 21.9 Å². The summed E-state index contributed by atoms with van der Waals surface area (Å²) >= 11 is 7.86. The zero-order valence-electron chi connectivity index (χ0n) is 13.6. The molecule has 0 spiro atoms. The van der Waals surface area contributed by atoms with Gasteiger partial charge in [0.25, 0.3) is 0 Å². The molecule has 0 N–H and O–H groups in total. The number of para-hydroxylation sites is 1. The summed E-state index contributed by atoms with van der Waals surface area (Å²) in [5.41, 5.74) is 2.03. The molecule has 1 heterocycles. The Hall–Kier alpha value is -1.98. The van der Waals surface area contributed by atoms with E-state index in [0.29, 0.717) is 0 Å². The number of aromatic nitrogens is 3. The first-order valence-corrected chi connectivity index (χ1v) is 9.03. The second kappa shape index (κ2) is 7.73. The molecule has 0 saturated carbocycles. The lowest BCUT2D eigenvalue weighted by atomic mass is 10.2. The summed E-state index contributed by atoms with van der Waals surface area (Å²) in [6.45, 7) is 2.87. The Morgan fingerprint density at radius 3 is 2.58 bits per heavy atom. The van der Waals surface area contributed by atoms with Gasteiger partial charge in [0.2, 0.25) is 0 Å². The van der Waals surface area contributed by atoms with Gasteiger partial charge in [-0.15, -0.1) is 10.2 Å². The number of methoxy groups -OCH3 is 1. The quantitative estimate of drug-likeness (QED) is 0.586. The summed E-state index contributed by atoms with van der Waals surface area (Å²) in [6.07, 6.45) is 0. The lowest BCUT2D eigenvalue weighted by Crippen LogP contribution is -2.01. The molecular weight excluding hydrogens is 342 g/mol. The minimum Gasteiger partial charge on any atom is -0.496 e. The van der Waals surface area contributed by atoms with E-state index in [-0.39, 0.29) is 0 Å². The molecule has 0 aliphatic carbocycles. The third-order valence-electron chi connectivity index (χ3n) is 3.70. The molecule has 1 aromatic heterocycles. The molecule has 0 fully saturated rings. The average molecular weight is 360 g/mol. The fourth-order valence-electron chi connectivity index (χ4n) is 2.47. The van der Waals surface area contributed by atoms with Gasteiger partial charge in [0, 0.05) is 17.3 Å². The highest BCUT2D eigenvalue weighted by atomic mass is 35.5. The molecule has 0 unspecified atom stereocenters. The second-order valence-corrected chi connectivity index (χ2v) is 6.48. The van der Waals surface area contributed by atoms with Crippen LogP contribution in [0.15, 0.2) is 53.7 Å². The Bertz CT molecular complexity index is 835. The molecule has 4 nitrogen and oxygen atoms in total. The van der Waals surface area contributed by atoms with Crippen LogP contribution >= 0.6 is 23.4 Å². The smallest absolute Gasteiger partial charge is 0.191 e. The maximum Gasteiger partial charge on any atom is 0.191 e. The van der Waals surface area contributed by atoms with E-state index in [1.807, 2.05) is 48.5 Å². The largest absolute Gasteiger partial charge is 0.496 e. The van der Waals surface area contributed by atoms with Crippen LogP contribution in [-0.2, 0) is 12.3 Å². The van der Waals surface area contributed by atoms with Crippen molar-refractivity contribution in [1.29, 1.82) is 0 Å². The van der Waals surface area contributed by atoms with Crippen LogP contribution in [0.4, 0.5) is 0 Å². The van der Waals surface area contributed by atoms with E-state index in [0.717, 1.165) is 45.2 Å². The van der Waals surface area contributed by atoms with Crippen LogP contribution in [0.5, 0.6) is 5.75 Å². The zero-order valence-corrected chi connectivity index (χ0v) is 15.1. The van der Waals surface area contributed by atoms with Crippen LogP contribution in [0.1, 0.15) is 12.5 Å². The van der Waals surface area contributed by atoms with Crippen LogP contribution in [0.2, 0.25) is 5.02 Å². The van der Waals surface area contributed by atoms with Gasteiger partial charge in [-0.05, 0) is 30.7 Å². The Balaban J connectivity index is 1.89. The minimum atomic E-state index is 0.754. The second-order valence-electron chi connectivity index (χ2n) is 5.13. The van der Waals surface area contributed by atoms with Gasteiger partial charge in [-0.3, -0.25) is 0 Å². The lowest BCUT2D eigenvalue weighted by Gasteiger charge is -2.10. The normalized spacial score (nSPS) is 10.8. The topological polar surface area (TPSA) is 39.9 Å². The van der Waals surface area contributed by atoms with E-state index in [1.165, 1.54) is 0 Å². The number of rotatable bonds is 6. The Morgan fingerprint density at radius 2 is 1.83 bits per heavy atom. The van der Waals surface area contributed by atoms with Gasteiger partial charge >= 0.3 is 0 Å². The van der Waals surface area contributed by atoms with E-state index < -0.39 is 0 Å². The van der Waals surface area contributed by atoms with E-state index in [9.17, 15) is 0 Å². The van der Waals surface area contributed by atoms with E-state index in [4.69, 9.17) is 16.3 Å². The Kier molecular flexibility index (Phi) is 5.43. The maximum atomic E-state index is 6.23. The number of ether oxygens (including phenoxy) is 1. The van der Waals surface area contributed by atoms with Crippen molar-refractivity contribution in [3.05, 3.63) is 59.1 Å². The Morgan fingerprint density at radius 1 is 1.08 bits per heavy atom. The highest BCUT2D eigenvalue weighted by Crippen LogP contribution is 2.32. The predicted octanol–water partition coefficient (Wildman–Crippen LogP) is 4.92. The lowest BCUT2D eigenvalue weighted by molar-refractivity contribution is 0.416. The SMILES string of the molecule is CCn1c(SCc2ccccc2Cl)nnc1-c1ccccc1OC. The number of thioether (sulfide) groups is 1. The molecule has 24 heavy (non-hydrogen) atoms. The van der Waals surface area contributed by atoms with Crippen molar-refractivity contribution in [1.82, 2.24) is 14.8 Å². The van der Waals surface area contributed by atoms with Gasteiger partial charge in [0.15, 0.2) is 11.0 Å². The molecule has 0 amide bonds. The van der Waals surface area contributed by atoms with Gasteiger partial charge in [-0.25, -0.2) is 0 Å². The fourth-order valence-corrected chi connectivity index (χ4v) is 3.75.